The van der Waals surface area contributed by atoms with Gasteiger partial charge >= 0.3 is 0 Å². The van der Waals surface area contributed by atoms with Gasteiger partial charge in [0.05, 0.1) is 19.8 Å². The van der Waals surface area contributed by atoms with Gasteiger partial charge in [0.15, 0.2) is 0 Å². The second kappa shape index (κ2) is 11.9. The van der Waals surface area contributed by atoms with Crippen molar-refractivity contribution in [3.63, 3.8) is 0 Å². The van der Waals surface area contributed by atoms with Gasteiger partial charge in [0, 0.05) is 19.7 Å². The highest BCUT2D eigenvalue weighted by molar-refractivity contribution is 4.54. The van der Waals surface area contributed by atoms with Crippen LogP contribution in [-0.4, -0.2) is 52.6 Å². The first-order valence-corrected chi connectivity index (χ1v) is 5.78. The van der Waals surface area contributed by atoms with E-state index in [2.05, 4.69) is 24.5 Å². The van der Waals surface area contributed by atoms with Gasteiger partial charge in [-0.3, -0.25) is 0 Å². The number of rotatable bonds is 11. The smallest absolute Gasteiger partial charge is 0.0700 e. The van der Waals surface area contributed by atoms with E-state index in [9.17, 15) is 0 Å². The summed E-state index contributed by atoms with van der Waals surface area (Å²) in [6.07, 6.45) is 1.16. The van der Waals surface area contributed by atoms with Crippen LogP contribution < -0.4 is 10.6 Å². The molecule has 0 aromatic carbocycles. The summed E-state index contributed by atoms with van der Waals surface area (Å²) in [5.74, 6) is 0. The van der Waals surface area contributed by atoms with Gasteiger partial charge in [0.1, 0.15) is 0 Å². The summed E-state index contributed by atoms with van der Waals surface area (Å²) >= 11 is 0. The maximum absolute atomic E-state index is 5.32. The van der Waals surface area contributed by atoms with E-state index in [1.54, 1.807) is 7.11 Å². The van der Waals surface area contributed by atoms with E-state index >= 15 is 0 Å². The predicted octanol–water partition coefficient (Wildman–Crippen LogP) is 0.627. The van der Waals surface area contributed by atoms with Crippen LogP contribution in [0.2, 0.25) is 0 Å². The second-order valence-electron chi connectivity index (χ2n) is 3.82. The van der Waals surface area contributed by atoms with Gasteiger partial charge in [-0.2, -0.15) is 0 Å². The topological polar surface area (TPSA) is 42.5 Å². The zero-order chi connectivity index (χ0) is 11.4. The van der Waals surface area contributed by atoms with Crippen molar-refractivity contribution < 1.29 is 9.47 Å². The van der Waals surface area contributed by atoms with Crippen LogP contribution in [0.1, 0.15) is 20.3 Å². The quantitative estimate of drug-likeness (QED) is 0.499. The van der Waals surface area contributed by atoms with Crippen molar-refractivity contribution >= 4 is 0 Å². The molecule has 92 valence electrons. The van der Waals surface area contributed by atoms with Crippen LogP contribution in [-0.2, 0) is 9.47 Å². The molecule has 0 saturated heterocycles. The Morgan fingerprint density at radius 1 is 1.00 bits per heavy atom. The predicted molar refractivity (Wildman–Crippen MR) is 63.3 cm³/mol. The molecule has 0 spiro atoms. The highest BCUT2D eigenvalue weighted by Crippen LogP contribution is 1.79. The van der Waals surface area contributed by atoms with Crippen molar-refractivity contribution in [2.24, 2.45) is 0 Å². The highest BCUT2D eigenvalue weighted by atomic mass is 16.5. The first kappa shape index (κ1) is 14.8. The first-order valence-electron chi connectivity index (χ1n) is 5.78. The molecule has 0 fully saturated rings. The number of methoxy groups -OCH3 is 1. The van der Waals surface area contributed by atoms with Crippen molar-refractivity contribution in [2.45, 2.75) is 26.3 Å². The molecule has 2 N–H and O–H groups in total. The molecule has 0 aliphatic heterocycles. The number of hydrogen-bond donors (Lipinski definition) is 2. The van der Waals surface area contributed by atoms with Crippen molar-refractivity contribution in [2.75, 3.05) is 46.6 Å². The largest absolute Gasteiger partial charge is 0.382 e. The number of ether oxygens (including phenoxy) is 2. The molecule has 0 aliphatic carbocycles. The van der Waals surface area contributed by atoms with E-state index in [1.165, 1.54) is 0 Å². The molecule has 4 heteroatoms. The lowest BCUT2D eigenvalue weighted by molar-refractivity contribution is 0.0720. The molecule has 0 aromatic heterocycles. The lowest BCUT2D eigenvalue weighted by atomic mass is 10.3. The summed E-state index contributed by atoms with van der Waals surface area (Å²) in [4.78, 5) is 0. The first-order chi connectivity index (χ1) is 7.27. The monoisotopic (exact) mass is 218 g/mol. The Morgan fingerprint density at radius 3 is 2.47 bits per heavy atom. The lowest BCUT2D eigenvalue weighted by Crippen LogP contribution is -2.28. The van der Waals surface area contributed by atoms with Gasteiger partial charge < -0.3 is 20.1 Å². The third-order valence-corrected chi connectivity index (χ3v) is 1.94. The number of nitrogens with one attached hydrogen (secondary N) is 2. The summed E-state index contributed by atoms with van der Waals surface area (Å²) in [6, 6.07) is 0.586. The average Bonchev–Trinajstić information content (AvgIpc) is 2.20. The molecule has 0 aromatic rings. The van der Waals surface area contributed by atoms with Crippen molar-refractivity contribution in [1.29, 1.82) is 0 Å². The molecule has 0 aliphatic rings. The zero-order valence-corrected chi connectivity index (χ0v) is 10.3. The molecule has 4 nitrogen and oxygen atoms in total. The van der Waals surface area contributed by atoms with E-state index in [0.717, 1.165) is 32.7 Å². The van der Waals surface area contributed by atoms with Gasteiger partial charge in [-0.25, -0.2) is 0 Å². The summed E-state index contributed by atoms with van der Waals surface area (Å²) in [5, 5.41) is 6.71. The van der Waals surface area contributed by atoms with E-state index < -0.39 is 0 Å². The molecule has 15 heavy (non-hydrogen) atoms. The van der Waals surface area contributed by atoms with Gasteiger partial charge in [-0.15, -0.1) is 0 Å². The summed E-state index contributed by atoms with van der Waals surface area (Å²) < 4.78 is 10.2. The Kier molecular flexibility index (Phi) is 11.8. The minimum Gasteiger partial charge on any atom is -0.382 e. The van der Waals surface area contributed by atoms with Gasteiger partial charge in [0.25, 0.3) is 0 Å². The van der Waals surface area contributed by atoms with Crippen LogP contribution in [0.25, 0.3) is 0 Å². The molecular formula is C11H26N2O2. The fourth-order valence-corrected chi connectivity index (χ4v) is 1.12. The van der Waals surface area contributed by atoms with Crippen LogP contribution in [0.15, 0.2) is 0 Å². The van der Waals surface area contributed by atoms with Crippen molar-refractivity contribution in [1.82, 2.24) is 10.6 Å². The molecule has 0 rings (SSSR count). The third kappa shape index (κ3) is 13.8. The van der Waals surface area contributed by atoms with Crippen LogP contribution in [0.5, 0.6) is 0 Å². The molecule has 0 atom stereocenters. The third-order valence-electron chi connectivity index (χ3n) is 1.94. The standard InChI is InChI=1S/C11H26N2O2/c1-11(2)13-6-4-5-12-7-8-15-10-9-14-3/h11-13H,4-10H2,1-3H3. The van der Waals surface area contributed by atoms with E-state index in [-0.39, 0.29) is 0 Å². The Labute approximate surface area is 93.7 Å². The van der Waals surface area contributed by atoms with E-state index in [0.29, 0.717) is 19.3 Å². The maximum atomic E-state index is 5.32. The molecule has 0 unspecified atom stereocenters. The van der Waals surface area contributed by atoms with Gasteiger partial charge in [-0.1, -0.05) is 13.8 Å². The van der Waals surface area contributed by atoms with Crippen LogP contribution in [0, 0.1) is 0 Å². The SMILES string of the molecule is COCCOCCNCCCNC(C)C. The minimum atomic E-state index is 0.586. The summed E-state index contributed by atoms with van der Waals surface area (Å²) in [5.41, 5.74) is 0. The van der Waals surface area contributed by atoms with E-state index in [4.69, 9.17) is 9.47 Å². The van der Waals surface area contributed by atoms with Crippen molar-refractivity contribution in [3.8, 4) is 0 Å². The van der Waals surface area contributed by atoms with Crippen LogP contribution >= 0.6 is 0 Å². The fourth-order valence-electron chi connectivity index (χ4n) is 1.12. The Morgan fingerprint density at radius 2 is 1.80 bits per heavy atom. The van der Waals surface area contributed by atoms with Gasteiger partial charge in [0.2, 0.25) is 0 Å². The average molecular weight is 218 g/mol. The summed E-state index contributed by atoms with van der Waals surface area (Å²) in [7, 11) is 1.68. The molecule has 0 radical (unpaired) electrons. The molecule has 0 saturated carbocycles. The fraction of sp³-hybridized carbons (Fsp3) is 1.00. The lowest BCUT2D eigenvalue weighted by Gasteiger charge is -2.08. The molecule has 0 bridgehead atoms. The Balaban J connectivity index is 2.87. The Bertz CT molecular complexity index is 121. The normalized spacial score (nSPS) is 11.2. The summed E-state index contributed by atoms with van der Waals surface area (Å²) in [6.45, 7) is 9.51. The van der Waals surface area contributed by atoms with Crippen molar-refractivity contribution in [3.05, 3.63) is 0 Å². The van der Waals surface area contributed by atoms with Crippen LogP contribution in [0.3, 0.4) is 0 Å². The number of hydrogen-bond acceptors (Lipinski definition) is 4. The maximum Gasteiger partial charge on any atom is 0.0700 e. The highest BCUT2D eigenvalue weighted by Gasteiger charge is 1.92. The zero-order valence-electron chi connectivity index (χ0n) is 10.3. The molecule has 0 amide bonds. The minimum absolute atomic E-state index is 0.586. The Hall–Kier alpha value is -0.160. The van der Waals surface area contributed by atoms with Gasteiger partial charge in [-0.05, 0) is 19.5 Å². The second-order valence-corrected chi connectivity index (χ2v) is 3.82. The molecular weight excluding hydrogens is 192 g/mol. The van der Waals surface area contributed by atoms with Crippen LogP contribution in [0.4, 0.5) is 0 Å². The van der Waals surface area contributed by atoms with E-state index in [1.807, 2.05) is 0 Å². The molecule has 0 heterocycles.